The molecule has 0 spiro atoms. The van der Waals surface area contributed by atoms with E-state index in [1.165, 1.54) is 4.68 Å². The normalized spacial score (nSPS) is 10.4. The molecule has 8 heteroatoms. The largest absolute Gasteiger partial charge is 0.492 e. The Morgan fingerprint density at radius 1 is 1.52 bits per heavy atom. The van der Waals surface area contributed by atoms with Crippen LogP contribution in [0.1, 0.15) is 12.6 Å². The summed E-state index contributed by atoms with van der Waals surface area (Å²) in [6.45, 7) is 2.67. The number of hydrogen-bond donors (Lipinski definition) is 2. The van der Waals surface area contributed by atoms with E-state index in [4.69, 9.17) is 22.1 Å². The molecule has 7 nitrogen and oxygen atoms in total. The minimum Gasteiger partial charge on any atom is -0.492 e. The van der Waals surface area contributed by atoms with Gasteiger partial charge in [-0.25, -0.2) is 4.68 Å². The molecule has 2 aromatic rings. The maximum absolute atomic E-state index is 12.0. The molecule has 0 bridgehead atoms. The third kappa shape index (κ3) is 4.17. The summed E-state index contributed by atoms with van der Waals surface area (Å²) >= 11 is 5.93. The molecule has 1 aromatic heterocycles. The number of benzene rings is 1. The van der Waals surface area contributed by atoms with Crippen molar-refractivity contribution in [1.82, 2.24) is 15.0 Å². The van der Waals surface area contributed by atoms with Crippen molar-refractivity contribution in [3.8, 4) is 5.75 Å². The molecule has 0 radical (unpaired) electrons. The zero-order valence-electron chi connectivity index (χ0n) is 11.5. The van der Waals surface area contributed by atoms with Crippen molar-refractivity contribution in [2.45, 2.75) is 20.0 Å². The minimum atomic E-state index is -0.258. The van der Waals surface area contributed by atoms with Gasteiger partial charge in [-0.2, -0.15) is 0 Å². The summed E-state index contributed by atoms with van der Waals surface area (Å²) in [4.78, 5) is 12.0. The molecule has 112 valence electrons. The van der Waals surface area contributed by atoms with E-state index in [1.54, 1.807) is 24.4 Å². The Hall–Kier alpha value is -2.12. The van der Waals surface area contributed by atoms with E-state index in [0.717, 1.165) is 0 Å². The minimum absolute atomic E-state index is 0.0328. The molecule has 1 aromatic carbocycles. The summed E-state index contributed by atoms with van der Waals surface area (Å²) in [5, 5.41) is 10.9. The van der Waals surface area contributed by atoms with E-state index in [9.17, 15) is 4.79 Å². The van der Waals surface area contributed by atoms with Crippen LogP contribution in [-0.4, -0.2) is 27.5 Å². The highest BCUT2D eigenvalue weighted by molar-refractivity contribution is 6.31. The van der Waals surface area contributed by atoms with Crippen molar-refractivity contribution in [1.29, 1.82) is 0 Å². The van der Waals surface area contributed by atoms with Gasteiger partial charge in [0.2, 0.25) is 5.91 Å². The lowest BCUT2D eigenvalue weighted by Gasteiger charge is -2.11. The summed E-state index contributed by atoms with van der Waals surface area (Å²) < 4.78 is 6.86. The summed E-state index contributed by atoms with van der Waals surface area (Å²) in [6, 6.07) is 5.05. The van der Waals surface area contributed by atoms with Crippen molar-refractivity contribution in [3.05, 3.63) is 35.1 Å². The van der Waals surface area contributed by atoms with Crippen LogP contribution in [0.25, 0.3) is 0 Å². The summed E-state index contributed by atoms with van der Waals surface area (Å²) in [5.74, 6) is 0.308. The average Bonchev–Trinajstić information content (AvgIpc) is 2.89. The first-order valence-corrected chi connectivity index (χ1v) is 6.81. The molecule has 1 heterocycles. The van der Waals surface area contributed by atoms with Crippen LogP contribution in [0.15, 0.2) is 24.4 Å². The molecule has 0 saturated carbocycles. The molecule has 0 aliphatic carbocycles. The number of ether oxygens (including phenoxy) is 1. The van der Waals surface area contributed by atoms with Crippen LogP contribution in [0.5, 0.6) is 5.75 Å². The molecule has 1 amide bonds. The topological polar surface area (TPSA) is 95.1 Å². The van der Waals surface area contributed by atoms with Gasteiger partial charge in [0.15, 0.2) is 0 Å². The number of anilines is 1. The second-order valence-corrected chi connectivity index (χ2v) is 4.67. The van der Waals surface area contributed by atoms with Crippen LogP contribution in [0.4, 0.5) is 5.69 Å². The van der Waals surface area contributed by atoms with Crippen molar-refractivity contribution < 1.29 is 9.53 Å². The highest BCUT2D eigenvalue weighted by atomic mass is 35.5. The predicted octanol–water partition coefficient (Wildman–Crippen LogP) is 1.43. The first kappa shape index (κ1) is 15.3. The zero-order chi connectivity index (χ0) is 15.2. The smallest absolute Gasteiger partial charge is 0.246 e. The Labute approximate surface area is 127 Å². The van der Waals surface area contributed by atoms with Crippen molar-refractivity contribution in [2.24, 2.45) is 5.73 Å². The Morgan fingerprint density at radius 3 is 3.00 bits per heavy atom. The SMILES string of the molecule is CCOc1ccc(Cl)cc1NC(=O)Cn1cc(CN)nn1. The van der Waals surface area contributed by atoms with E-state index in [1.807, 2.05) is 6.92 Å². The molecule has 0 atom stereocenters. The van der Waals surface area contributed by atoms with Crippen LogP contribution < -0.4 is 15.8 Å². The van der Waals surface area contributed by atoms with Crippen LogP contribution in [0.3, 0.4) is 0 Å². The highest BCUT2D eigenvalue weighted by Gasteiger charge is 2.10. The van der Waals surface area contributed by atoms with Crippen LogP contribution in [0, 0.1) is 0 Å². The lowest BCUT2D eigenvalue weighted by Crippen LogP contribution is -2.19. The van der Waals surface area contributed by atoms with Gasteiger partial charge >= 0.3 is 0 Å². The molecule has 21 heavy (non-hydrogen) atoms. The van der Waals surface area contributed by atoms with E-state index in [-0.39, 0.29) is 19.0 Å². The number of nitrogens with two attached hydrogens (primary N) is 1. The van der Waals surface area contributed by atoms with Gasteiger partial charge in [-0.15, -0.1) is 5.10 Å². The van der Waals surface area contributed by atoms with Gasteiger partial charge in [0, 0.05) is 11.6 Å². The van der Waals surface area contributed by atoms with Crippen LogP contribution in [0.2, 0.25) is 5.02 Å². The van der Waals surface area contributed by atoms with Crippen LogP contribution >= 0.6 is 11.6 Å². The van der Waals surface area contributed by atoms with E-state index < -0.39 is 0 Å². The second kappa shape index (κ2) is 7.05. The second-order valence-electron chi connectivity index (χ2n) is 4.23. The van der Waals surface area contributed by atoms with E-state index in [2.05, 4.69) is 15.6 Å². The lowest BCUT2D eigenvalue weighted by atomic mass is 10.3. The number of aromatic nitrogens is 3. The van der Waals surface area contributed by atoms with Gasteiger partial charge in [-0.3, -0.25) is 4.79 Å². The van der Waals surface area contributed by atoms with Gasteiger partial charge in [0.05, 0.1) is 24.2 Å². The fraction of sp³-hybridized carbons (Fsp3) is 0.308. The van der Waals surface area contributed by atoms with Crippen molar-refractivity contribution in [2.75, 3.05) is 11.9 Å². The fourth-order valence-corrected chi connectivity index (χ4v) is 1.90. The number of nitrogens with zero attached hydrogens (tertiary/aromatic N) is 3. The lowest BCUT2D eigenvalue weighted by molar-refractivity contribution is -0.116. The molecular weight excluding hydrogens is 294 g/mol. The number of amides is 1. The molecule has 0 fully saturated rings. The Morgan fingerprint density at radius 2 is 2.33 bits per heavy atom. The zero-order valence-corrected chi connectivity index (χ0v) is 12.3. The van der Waals surface area contributed by atoms with Gasteiger partial charge in [0.1, 0.15) is 12.3 Å². The summed E-state index contributed by atoms with van der Waals surface area (Å²) in [5.41, 5.74) is 6.59. The Kier molecular flexibility index (Phi) is 5.13. The predicted molar refractivity (Wildman–Crippen MR) is 79.2 cm³/mol. The molecule has 2 rings (SSSR count). The van der Waals surface area contributed by atoms with Crippen molar-refractivity contribution in [3.63, 3.8) is 0 Å². The molecule has 0 saturated heterocycles. The van der Waals surface area contributed by atoms with Gasteiger partial charge in [0.25, 0.3) is 0 Å². The number of hydrogen-bond acceptors (Lipinski definition) is 5. The maximum Gasteiger partial charge on any atom is 0.246 e. The summed E-state index contributed by atoms with van der Waals surface area (Å²) in [6.07, 6.45) is 1.63. The first-order chi connectivity index (χ1) is 10.1. The first-order valence-electron chi connectivity index (χ1n) is 6.43. The van der Waals surface area contributed by atoms with Gasteiger partial charge in [-0.05, 0) is 25.1 Å². The van der Waals surface area contributed by atoms with Gasteiger partial charge < -0.3 is 15.8 Å². The number of rotatable bonds is 6. The molecule has 3 N–H and O–H groups in total. The highest BCUT2D eigenvalue weighted by Crippen LogP contribution is 2.28. The monoisotopic (exact) mass is 309 g/mol. The third-order valence-corrected chi connectivity index (χ3v) is 2.85. The number of halogens is 1. The maximum atomic E-state index is 12.0. The molecular formula is C13H16ClN5O2. The fourth-order valence-electron chi connectivity index (χ4n) is 1.73. The van der Waals surface area contributed by atoms with Gasteiger partial charge in [-0.1, -0.05) is 16.8 Å². The Bertz CT molecular complexity index is 629. The van der Waals surface area contributed by atoms with E-state index >= 15 is 0 Å². The quantitative estimate of drug-likeness (QED) is 0.841. The standard InChI is InChI=1S/C13H16ClN5O2/c1-2-21-12-4-3-9(14)5-11(12)16-13(20)8-19-7-10(6-15)17-18-19/h3-5,7H,2,6,8,15H2,1H3,(H,16,20). The number of nitrogens with one attached hydrogen (secondary N) is 1. The number of carbonyl (C=O) groups excluding carboxylic acids is 1. The Balaban J connectivity index is 2.06. The molecule has 0 aliphatic rings. The van der Waals surface area contributed by atoms with Crippen molar-refractivity contribution >= 4 is 23.2 Å². The molecule has 0 unspecified atom stereocenters. The third-order valence-electron chi connectivity index (χ3n) is 2.62. The summed E-state index contributed by atoms with van der Waals surface area (Å²) in [7, 11) is 0. The molecule has 0 aliphatic heterocycles. The van der Waals surface area contributed by atoms with E-state index in [0.29, 0.717) is 28.8 Å². The average molecular weight is 310 g/mol. The number of carbonyl (C=O) groups is 1. The van der Waals surface area contributed by atoms with Crippen LogP contribution in [-0.2, 0) is 17.9 Å².